The number of nitrogens with one attached hydrogen (secondary N) is 1. The summed E-state index contributed by atoms with van der Waals surface area (Å²) in [5.41, 5.74) is 2.84. The monoisotopic (exact) mass is 375 g/mol. The summed E-state index contributed by atoms with van der Waals surface area (Å²) in [5, 5.41) is 3.87. The lowest BCUT2D eigenvalue weighted by Gasteiger charge is -2.22. The fraction of sp³-hybridized carbons (Fsp3) is 0.682. The van der Waals surface area contributed by atoms with Gasteiger partial charge in [-0.1, -0.05) is 32.3 Å². The van der Waals surface area contributed by atoms with Gasteiger partial charge in [0.25, 0.3) is 5.91 Å². The third-order valence-electron chi connectivity index (χ3n) is 5.57. The summed E-state index contributed by atoms with van der Waals surface area (Å²) >= 11 is 2.02. The lowest BCUT2D eigenvalue weighted by Crippen LogP contribution is -2.39. The molecule has 1 amide bonds. The molecule has 1 fully saturated rings. The molecule has 3 nitrogen and oxygen atoms in total. The molecule has 1 N–H and O–H groups in total. The van der Waals surface area contributed by atoms with Gasteiger partial charge in [-0.2, -0.15) is 11.8 Å². The van der Waals surface area contributed by atoms with Crippen molar-refractivity contribution in [3.63, 3.8) is 0 Å². The zero-order chi connectivity index (χ0) is 18.2. The minimum Gasteiger partial charge on any atom is -0.481 e. The topological polar surface area (TPSA) is 38.3 Å². The van der Waals surface area contributed by atoms with Crippen molar-refractivity contribution in [3.8, 4) is 5.75 Å². The molecule has 4 heteroatoms. The molecule has 2 aliphatic carbocycles. The molecule has 3 rings (SSSR count). The Labute approximate surface area is 162 Å². The van der Waals surface area contributed by atoms with Crippen LogP contribution in [0.2, 0.25) is 0 Å². The average molecular weight is 376 g/mol. The lowest BCUT2D eigenvalue weighted by molar-refractivity contribution is -0.127. The molecule has 0 aliphatic heterocycles. The summed E-state index contributed by atoms with van der Waals surface area (Å²) in [4.78, 5) is 12.5. The second-order valence-corrected chi connectivity index (χ2v) is 8.98. The Balaban J connectivity index is 1.43. The second-order valence-electron chi connectivity index (χ2n) is 7.57. The van der Waals surface area contributed by atoms with Crippen LogP contribution in [-0.2, 0) is 17.6 Å². The van der Waals surface area contributed by atoms with Gasteiger partial charge in [-0.25, -0.2) is 0 Å². The van der Waals surface area contributed by atoms with Crippen molar-refractivity contribution < 1.29 is 9.53 Å². The molecule has 1 aromatic rings. The molecule has 2 aliphatic rings. The van der Waals surface area contributed by atoms with E-state index in [1.54, 1.807) is 0 Å². The fourth-order valence-corrected chi connectivity index (χ4v) is 5.24. The number of aryl methyl sites for hydroxylation is 2. The van der Waals surface area contributed by atoms with Crippen LogP contribution in [0.5, 0.6) is 5.75 Å². The standard InChI is InChI=1S/C22H33NO2S/c1-2-21(22(24)23-14-15-26-20-10-4-3-5-11-20)25-19-13-12-17-8-6-7-9-18(17)16-19/h12-13,16,20-21H,2-11,14-15H2,1H3,(H,23,24)/t21-/m1/s1. The molecule has 0 aromatic heterocycles. The number of fused-ring (bicyclic) bond motifs is 1. The van der Waals surface area contributed by atoms with Crippen molar-refractivity contribution in [1.82, 2.24) is 5.32 Å². The average Bonchev–Trinajstić information content (AvgIpc) is 2.70. The normalized spacial score (nSPS) is 18.8. The van der Waals surface area contributed by atoms with E-state index in [0.717, 1.165) is 29.7 Å². The van der Waals surface area contributed by atoms with E-state index >= 15 is 0 Å². The molecule has 0 heterocycles. The zero-order valence-electron chi connectivity index (χ0n) is 16.1. The Morgan fingerprint density at radius 2 is 1.92 bits per heavy atom. The van der Waals surface area contributed by atoms with Crippen LogP contribution in [0.4, 0.5) is 0 Å². The molecular formula is C22H33NO2S. The van der Waals surface area contributed by atoms with Crippen LogP contribution in [-0.4, -0.2) is 29.6 Å². The number of rotatable bonds is 8. The predicted molar refractivity (Wildman–Crippen MR) is 110 cm³/mol. The van der Waals surface area contributed by atoms with Gasteiger partial charge in [0.1, 0.15) is 5.75 Å². The van der Waals surface area contributed by atoms with Crippen molar-refractivity contribution in [1.29, 1.82) is 0 Å². The third kappa shape index (κ3) is 5.67. The number of hydrogen-bond donors (Lipinski definition) is 1. The summed E-state index contributed by atoms with van der Waals surface area (Å²) in [6.45, 7) is 2.75. The summed E-state index contributed by atoms with van der Waals surface area (Å²) in [6.07, 6.45) is 12.0. The quantitative estimate of drug-likeness (QED) is 0.657. The van der Waals surface area contributed by atoms with Crippen molar-refractivity contribution >= 4 is 17.7 Å². The maximum Gasteiger partial charge on any atom is 0.261 e. The van der Waals surface area contributed by atoms with Gasteiger partial charge in [0.2, 0.25) is 0 Å². The zero-order valence-corrected chi connectivity index (χ0v) is 16.9. The van der Waals surface area contributed by atoms with Gasteiger partial charge >= 0.3 is 0 Å². The Bertz CT molecular complexity index is 584. The van der Waals surface area contributed by atoms with Gasteiger partial charge in [0, 0.05) is 17.5 Å². The van der Waals surface area contributed by atoms with E-state index in [4.69, 9.17) is 4.74 Å². The first kappa shape index (κ1) is 19.6. The third-order valence-corrected chi connectivity index (χ3v) is 6.95. The number of amides is 1. The highest BCUT2D eigenvalue weighted by atomic mass is 32.2. The van der Waals surface area contributed by atoms with Crippen LogP contribution in [0.15, 0.2) is 18.2 Å². The summed E-state index contributed by atoms with van der Waals surface area (Å²) in [7, 11) is 0. The molecular weight excluding hydrogens is 342 g/mol. The van der Waals surface area contributed by atoms with Crippen LogP contribution in [0.1, 0.15) is 69.4 Å². The van der Waals surface area contributed by atoms with E-state index in [-0.39, 0.29) is 5.91 Å². The first-order valence-corrected chi connectivity index (χ1v) is 11.5. The Morgan fingerprint density at radius 3 is 2.69 bits per heavy atom. The first-order chi connectivity index (χ1) is 12.8. The van der Waals surface area contributed by atoms with Crippen molar-refractivity contribution in [2.24, 2.45) is 0 Å². The minimum absolute atomic E-state index is 0.0227. The molecule has 0 radical (unpaired) electrons. The Hall–Kier alpha value is -1.16. The summed E-state index contributed by atoms with van der Waals surface area (Å²) < 4.78 is 6.02. The minimum atomic E-state index is -0.392. The molecule has 0 saturated heterocycles. The van der Waals surface area contributed by atoms with E-state index in [0.29, 0.717) is 6.42 Å². The van der Waals surface area contributed by atoms with Gasteiger partial charge in [-0.3, -0.25) is 4.79 Å². The van der Waals surface area contributed by atoms with Crippen molar-refractivity contribution in [3.05, 3.63) is 29.3 Å². The maximum absolute atomic E-state index is 12.5. The van der Waals surface area contributed by atoms with Crippen molar-refractivity contribution in [2.75, 3.05) is 12.3 Å². The number of benzene rings is 1. The second kappa shape index (κ2) is 10.2. The molecule has 1 atom stereocenters. The van der Waals surface area contributed by atoms with Crippen LogP contribution >= 0.6 is 11.8 Å². The fourth-order valence-electron chi connectivity index (χ4n) is 4.02. The van der Waals surface area contributed by atoms with Crippen LogP contribution in [0.3, 0.4) is 0 Å². The van der Waals surface area contributed by atoms with Crippen molar-refractivity contribution in [2.45, 2.75) is 82.5 Å². The van der Waals surface area contributed by atoms with Gasteiger partial charge in [-0.15, -0.1) is 0 Å². The first-order valence-electron chi connectivity index (χ1n) is 10.4. The molecule has 0 bridgehead atoms. The molecule has 1 aromatic carbocycles. The van der Waals surface area contributed by atoms with E-state index in [1.807, 2.05) is 24.8 Å². The SMILES string of the molecule is CC[C@@H](Oc1ccc2c(c1)CCCC2)C(=O)NCCSC1CCCCC1. The van der Waals surface area contributed by atoms with Crippen LogP contribution < -0.4 is 10.1 Å². The van der Waals surface area contributed by atoms with Crippen LogP contribution in [0.25, 0.3) is 0 Å². The molecule has 0 unspecified atom stereocenters. The van der Waals surface area contributed by atoms with Crippen LogP contribution in [0, 0.1) is 0 Å². The molecule has 26 heavy (non-hydrogen) atoms. The van der Waals surface area contributed by atoms with Gasteiger partial charge in [0.15, 0.2) is 6.10 Å². The van der Waals surface area contributed by atoms with E-state index < -0.39 is 6.10 Å². The van der Waals surface area contributed by atoms with E-state index in [9.17, 15) is 4.79 Å². The lowest BCUT2D eigenvalue weighted by atomic mass is 9.92. The Kier molecular flexibility index (Phi) is 7.72. The van der Waals surface area contributed by atoms with Gasteiger partial charge < -0.3 is 10.1 Å². The van der Waals surface area contributed by atoms with E-state index in [2.05, 4.69) is 17.4 Å². The maximum atomic E-state index is 12.5. The number of thioether (sulfide) groups is 1. The number of ether oxygens (including phenoxy) is 1. The number of carbonyl (C=O) groups is 1. The predicted octanol–water partition coefficient (Wildman–Crippen LogP) is 4.90. The highest BCUT2D eigenvalue weighted by Gasteiger charge is 2.19. The smallest absolute Gasteiger partial charge is 0.261 e. The largest absolute Gasteiger partial charge is 0.481 e. The highest BCUT2D eigenvalue weighted by Crippen LogP contribution is 2.28. The van der Waals surface area contributed by atoms with Gasteiger partial charge in [0.05, 0.1) is 0 Å². The summed E-state index contributed by atoms with van der Waals surface area (Å²) in [6, 6.07) is 6.34. The summed E-state index contributed by atoms with van der Waals surface area (Å²) in [5.74, 6) is 1.87. The number of carbonyl (C=O) groups excluding carboxylic acids is 1. The highest BCUT2D eigenvalue weighted by molar-refractivity contribution is 7.99. The molecule has 1 saturated carbocycles. The molecule has 144 valence electrons. The Morgan fingerprint density at radius 1 is 1.15 bits per heavy atom. The number of hydrogen-bond acceptors (Lipinski definition) is 3. The van der Waals surface area contributed by atoms with E-state index in [1.165, 1.54) is 62.5 Å². The molecule has 0 spiro atoms. The van der Waals surface area contributed by atoms with Gasteiger partial charge in [-0.05, 0) is 68.2 Å².